The van der Waals surface area contributed by atoms with Crippen molar-refractivity contribution in [3.63, 3.8) is 0 Å². The Morgan fingerprint density at radius 2 is 1.83 bits per heavy atom. The SMILES string of the molecule is CCOP(=O)(OCC)C(F)c1nc(-c2ccc(F)cc2)c(Br)s1. The fraction of sp³-hybridized carbons (Fsp3) is 0.357. The molecule has 1 unspecified atom stereocenters. The minimum atomic E-state index is -3.94. The van der Waals surface area contributed by atoms with Gasteiger partial charge in [0.15, 0.2) is 0 Å². The van der Waals surface area contributed by atoms with Crippen molar-refractivity contribution in [2.24, 2.45) is 0 Å². The second kappa shape index (κ2) is 7.94. The van der Waals surface area contributed by atoms with Gasteiger partial charge in [-0.15, -0.1) is 11.3 Å². The van der Waals surface area contributed by atoms with Gasteiger partial charge in [0, 0.05) is 5.56 Å². The highest BCUT2D eigenvalue weighted by Gasteiger charge is 2.40. The summed E-state index contributed by atoms with van der Waals surface area (Å²) in [6.45, 7) is 3.35. The van der Waals surface area contributed by atoms with Crippen molar-refractivity contribution < 1.29 is 22.4 Å². The first-order chi connectivity index (χ1) is 10.9. The Bertz CT molecular complexity index is 701. The lowest BCUT2D eigenvalue weighted by Gasteiger charge is -2.18. The molecule has 0 aliphatic rings. The van der Waals surface area contributed by atoms with Gasteiger partial charge in [0.1, 0.15) is 10.8 Å². The topological polar surface area (TPSA) is 48.4 Å². The van der Waals surface area contributed by atoms with Crippen molar-refractivity contribution in [2.75, 3.05) is 13.2 Å². The quantitative estimate of drug-likeness (QED) is 0.514. The predicted molar refractivity (Wildman–Crippen MR) is 89.9 cm³/mol. The van der Waals surface area contributed by atoms with Crippen LogP contribution in [0.2, 0.25) is 0 Å². The fourth-order valence-electron chi connectivity index (χ4n) is 1.87. The van der Waals surface area contributed by atoms with Gasteiger partial charge in [-0.25, -0.2) is 13.8 Å². The molecule has 0 N–H and O–H groups in total. The molecule has 0 spiro atoms. The first-order valence-electron chi connectivity index (χ1n) is 6.86. The summed E-state index contributed by atoms with van der Waals surface area (Å²) in [6.07, 6.45) is 0. The van der Waals surface area contributed by atoms with Crippen LogP contribution in [0.15, 0.2) is 28.1 Å². The molecule has 23 heavy (non-hydrogen) atoms. The van der Waals surface area contributed by atoms with Gasteiger partial charge in [-0.3, -0.25) is 4.57 Å². The third-order valence-electron chi connectivity index (χ3n) is 2.82. The Balaban J connectivity index is 2.35. The summed E-state index contributed by atoms with van der Waals surface area (Å²) in [6, 6.07) is 5.66. The molecule has 1 heterocycles. The number of hydrogen-bond acceptors (Lipinski definition) is 5. The van der Waals surface area contributed by atoms with Crippen LogP contribution < -0.4 is 0 Å². The normalized spacial score (nSPS) is 13.3. The second-order valence-electron chi connectivity index (χ2n) is 4.39. The number of halogens is 3. The number of hydrogen-bond donors (Lipinski definition) is 0. The van der Waals surface area contributed by atoms with Crippen molar-refractivity contribution in [1.29, 1.82) is 0 Å². The van der Waals surface area contributed by atoms with Crippen LogP contribution >= 0.6 is 34.9 Å². The molecule has 0 saturated heterocycles. The maximum Gasteiger partial charge on any atom is 0.371 e. The van der Waals surface area contributed by atoms with Gasteiger partial charge >= 0.3 is 7.60 Å². The van der Waals surface area contributed by atoms with Crippen molar-refractivity contribution in [3.05, 3.63) is 38.9 Å². The van der Waals surface area contributed by atoms with Gasteiger partial charge in [-0.05, 0) is 54.0 Å². The zero-order valence-corrected chi connectivity index (χ0v) is 15.8. The molecule has 2 rings (SSSR count). The molecule has 0 aliphatic heterocycles. The summed E-state index contributed by atoms with van der Waals surface area (Å²) in [7, 11) is -3.94. The largest absolute Gasteiger partial charge is 0.371 e. The third-order valence-corrected chi connectivity index (χ3v) is 6.77. The Kier molecular flexibility index (Phi) is 6.45. The maximum absolute atomic E-state index is 14.7. The fourth-order valence-corrected chi connectivity index (χ4v) is 5.29. The molecule has 1 aromatic heterocycles. The number of nitrogens with zero attached hydrogens (tertiary/aromatic N) is 1. The van der Waals surface area contributed by atoms with Crippen LogP contribution in [0.1, 0.15) is 24.8 Å². The molecule has 0 aliphatic carbocycles. The minimum Gasteiger partial charge on any atom is -0.307 e. The summed E-state index contributed by atoms with van der Waals surface area (Å²) < 4.78 is 50.8. The molecule has 9 heteroatoms. The lowest BCUT2D eigenvalue weighted by molar-refractivity contribution is 0.190. The van der Waals surface area contributed by atoms with Gasteiger partial charge < -0.3 is 9.05 Å². The van der Waals surface area contributed by atoms with Gasteiger partial charge in [-0.1, -0.05) is 0 Å². The van der Waals surface area contributed by atoms with E-state index in [1.54, 1.807) is 13.8 Å². The first kappa shape index (κ1) is 18.7. The predicted octanol–water partition coefficient (Wildman–Crippen LogP) is 5.95. The standard InChI is InChI=1S/C14H15BrF2NO3PS/c1-3-20-22(19,21-4-2)13(17)14-18-11(12(15)23-14)9-5-7-10(16)8-6-9/h5-8,13H,3-4H2,1-2H3. The molecular formula is C14H15BrF2NO3PS. The molecule has 1 atom stereocenters. The zero-order valence-electron chi connectivity index (χ0n) is 12.5. The molecule has 4 nitrogen and oxygen atoms in total. The molecule has 1 aromatic carbocycles. The van der Waals surface area contributed by atoms with Crippen LogP contribution in [0, 0.1) is 5.82 Å². The van der Waals surface area contributed by atoms with E-state index in [1.165, 1.54) is 24.3 Å². The van der Waals surface area contributed by atoms with Gasteiger partial charge in [0.2, 0.25) is 0 Å². The number of benzene rings is 1. The maximum atomic E-state index is 14.7. The minimum absolute atomic E-state index is 0.0126. The summed E-state index contributed by atoms with van der Waals surface area (Å²) in [5.74, 6) is -2.35. The highest BCUT2D eigenvalue weighted by molar-refractivity contribution is 9.11. The Morgan fingerprint density at radius 1 is 1.26 bits per heavy atom. The second-order valence-corrected chi connectivity index (χ2v) is 8.79. The monoisotopic (exact) mass is 425 g/mol. The summed E-state index contributed by atoms with van der Waals surface area (Å²) >= 11 is 4.31. The van der Waals surface area contributed by atoms with Crippen LogP contribution in [-0.2, 0) is 13.6 Å². The molecule has 0 amide bonds. The number of aromatic nitrogens is 1. The van der Waals surface area contributed by atoms with Crippen LogP contribution in [0.5, 0.6) is 0 Å². The highest BCUT2D eigenvalue weighted by atomic mass is 79.9. The van der Waals surface area contributed by atoms with Crippen LogP contribution in [0.4, 0.5) is 8.78 Å². The number of thiazole rings is 1. The first-order valence-corrected chi connectivity index (χ1v) is 10.1. The third kappa shape index (κ3) is 4.25. The number of rotatable bonds is 7. The number of alkyl halides is 1. The van der Waals surface area contributed by atoms with E-state index in [2.05, 4.69) is 20.9 Å². The Labute approximate surface area is 145 Å². The highest BCUT2D eigenvalue weighted by Crippen LogP contribution is 2.62. The molecule has 0 saturated carbocycles. The average Bonchev–Trinajstić information content (AvgIpc) is 2.89. The average molecular weight is 426 g/mol. The van der Waals surface area contributed by atoms with E-state index in [0.29, 0.717) is 15.0 Å². The van der Waals surface area contributed by atoms with Gasteiger partial charge in [-0.2, -0.15) is 0 Å². The van der Waals surface area contributed by atoms with Crippen LogP contribution in [-0.4, -0.2) is 18.2 Å². The van der Waals surface area contributed by atoms with Crippen molar-refractivity contribution in [3.8, 4) is 11.3 Å². The smallest absolute Gasteiger partial charge is 0.307 e. The van der Waals surface area contributed by atoms with Gasteiger partial charge in [0.25, 0.3) is 5.91 Å². The molecule has 2 aromatic rings. The van der Waals surface area contributed by atoms with E-state index < -0.39 is 13.5 Å². The van der Waals surface area contributed by atoms with Crippen molar-refractivity contribution in [1.82, 2.24) is 4.98 Å². The van der Waals surface area contributed by atoms with Crippen molar-refractivity contribution >= 4 is 34.9 Å². The molecule has 0 bridgehead atoms. The summed E-state index contributed by atoms with van der Waals surface area (Å²) in [5.41, 5.74) is 1.07. The van der Waals surface area contributed by atoms with Crippen molar-refractivity contribution in [2.45, 2.75) is 19.8 Å². The Hall–Kier alpha value is -0.660. The lowest BCUT2D eigenvalue weighted by Crippen LogP contribution is -2.02. The molecule has 0 fully saturated rings. The molecule has 126 valence electrons. The zero-order chi connectivity index (χ0) is 17.0. The van der Waals surface area contributed by atoms with E-state index in [1.807, 2.05) is 0 Å². The van der Waals surface area contributed by atoms with Crippen LogP contribution in [0.3, 0.4) is 0 Å². The van der Waals surface area contributed by atoms with E-state index in [-0.39, 0.29) is 24.0 Å². The Morgan fingerprint density at radius 3 is 2.35 bits per heavy atom. The van der Waals surface area contributed by atoms with E-state index in [0.717, 1.165) is 11.3 Å². The van der Waals surface area contributed by atoms with E-state index in [9.17, 15) is 13.3 Å². The lowest BCUT2D eigenvalue weighted by atomic mass is 10.2. The summed E-state index contributed by atoms with van der Waals surface area (Å²) in [4.78, 5) is 4.18. The molecular weight excluding hydrogens is 411 g/mol. The van der Waals surface area contributed by atoms with E-state index in [4.69, 9.17) is 9.05 Å². The van der Waals surface area contributed by atoms with Gasteiger partial charge in [0.05, 0.1) is 22.7 Å². The summed E-state index contributed by atoms with van der Waals surface area (Å²) in [5, 5.41) is -0.0126. The van der Waals surface area contributed by atoms with E-state index >= 15 is 0 Å². The van der Waals surface area contributed by atoms with Crippen LogP contribution in [0.25, 0.3) is 11.3 Å². The molecule has 0 radical (unpaired) electrons.